The molecule has 4 rings (SSSR count). The van der Waals surface area contributed by atoms with E-state index >= 15 is 0 Å². The Morgan fingerprint density at radius 1 is 1.17 bits per heavy atom. The van der Waals surface area contributed by atoms with Gasteiger partial charge < -0.3 is 19.5 Å². The molecule has 1 aromatic carbocycles. The topological polar surface area (TPSA) is 60.0 Å². The maximum atomic E-state index is 12.1. The van der Waals surface area contributed by atoms with Crippen LogP contribution in [0.25, 0.3) is 0 Å². The lowest BCUT2D eigenvalue weighted by atomic mass is 10.0. The van der Waals surface area contributed by atoms with Crippen LogP contribution in [-0.4, -0.2) is 56.4 Å². The van der Waals surface area contributed by atoms with Gasteiger partial charge >= 0.3 is 0 Å². The van der Waals surface area contributed by atoms with E-state index in [4.69, 9.17) is 14.2 Å². The molecule has 2 fully saturated rings. The predicted molar refractivity (Wildman–Crippen MR) is 83.7 cm³/mol. The van der Waals surface area contributed by atoms with Crippen LogP contribution in [0.1, 0.15) is 11.1 Å². The van der Waals surface area contributed by atoms with Gasteiger partial charge in [-0.3, -0.25) is 9.69 Å². The summed E-state index contributed by atoms with van der Waals surface area (Å²) in [5, 5.41) is 3.07. The fraction of sp³-hybridized carbons (Fsp3) is 0.588. The quantitative estimate of drug-likeness (QED) is 0.870. The van der Waals surface area contributed by atoms with Gasteiger partial charge in [0, 0.05) is 19.6 Å². The van der Waals surface area contributed by atoms with Crippen molar-refractivity contribution in [2.75, 3.05) is 39.5 Å². The first-order valence-electron chi connectivity index (χ1n) is 8.18. The number of hydrogen-bond acceptors (Lipinski definition) is 5. The van der Waals surface area contributed by atoms with Gasteiger partial charge in [0.1, 0.15) is 13.2 Å². The fourth-order valence-corrected chi connectivity index (χ4v) is 3.49. The number of ether oxygens (including phenoxy) is 3. The third kappa shape index (κ3) is 3.01. The van der Waals surface area contributed by atoms with Crippen molar-refractivity contribution in [2.45, 2.75) is 19.5 Å². The van der Waals surface area contributed by atoms with E-state index in [1.165, 1.54) is 11.1 Å². The average molecular weight is 318 g/mol. The summed E-state index contributed by atoms with van der Waals surface area (Å²) in [5.74, 6) is 1.69. The van der Waals surface area contributed by atoms with Gasteiger partial charge in [-0.15, -0.1) is 0 Å². The van der Waals surface area contributed by atoms with E-state index < -0.39 is 0 Å². The summed E-state index contributed by atoms with van der Waals surface area (Å²) < 4.78 is 16.9. The number of nitrogens with one attached hydrogen (secondary N) is 1. The van der Waals surface area contributed by atoms with Crippen molar-refractivity contribution in [1.29, 1.82) is 0 Å². The van der Waals surface area contributed by atoms with Gasteiger partial charge in [-0.05, 0) is 30.2 Å². The molecule has 0 aliphatic carbocycles. The number of rotatable bonds is 2. The molecule has 1 N–H and O–H groups in total. The van der Waals surface area contributed by atoms with E-state index in [1.54, 1.807) is 0 Å². The van der Waals surface area contributed by atoms with Gasteiger partial charge in [0.15, 0.2) is 11.5 Å². The van der Waals surface area contributed by atoms with Crippen LogP contribution in [0.4, 0.5) is 0 Å². The minimum atomic E-state index is -0.0833. The number of aryl methyl sites for hydroxylation is 1. The summed E-state index contributed by atoms with van der Waals surface area (Å²) in [6.07, 6.45) is 0. The molecule has 0 spiro atoms. The molecule has 3 heterocycles. The van der Waals surface area contributed by atoms with Gasteiger partial charge in [0.05, 0.1) is 25.2 Å². The number of fused-ring (bicyclic) bond motifs is 4. The average Bonchev–Trinajstić information content (AvgIpc) is 2.77. The zero-order valence-electron chi connectivity index (χ0n) is 13.3. The summed E-state index contributed by atoms with van der Waals surface area (Å²) in [5.41, 5.74) is 2.42. The third-order valence-corrected chi connectivity index (χ3v) is 4.71. The highest BCUT2D eigenvalue weighted by atomic mass is 16.6. The molecule has 3 aliphatic rings. The Hall–Kier alpha value is -1.79. The van der Waals surface area contributed by atoms with Crippen molar-refractivity contribution in [2.24, 2.45) is 5.92 Å². The van der Waals surface area contributed by atoms with E-state index in [0.717, 1.165) is 31.1 Å². The van der Waals surface area contributed by atoms with E-state index in [0.29, 0.717) is 26.4 Å². The van der Waals surface area contributed by atoms with Crippen LogP contribution in [0.2, 0.25) is 0 Å². The smallest absolute Gasteiger partial charge is 0.227 e. The second kappa shape index (κ2) is 6.02. The number of benzene rings is 1. The van der Waals surface area contributed by atoms with E-state index in [-0.39, 0.29) is 17.9 Å². The Labute approximate surface area is 135 Å². The van der Waals surface area contributed by atoms with Crippen LogP contribution >= 0.6 is 0 Å². The van der Waals surface area contributed by atoms with Crippen LogP contribution in [0.15, 0.2) is 12.1 Å². The Morgan fingerprint density at radius 2 is 1.96 bits per heavy atom. The van der Waals surface area contributed by atoms with Crippen LogP contribution < -0.4 is 14.8 Å². The monoisotopic (exact) mass is 318 g/mol. The maximum absolute atomic E-state index is 12.1. The first kappa shape index (κ1) is 14.8. The molecule has 6 nitrogen and oxygen atoms in total. The number of carbonyl (C=O) groups is 1. The lowest BCUT2D eigenvalue weighted by molar-refractivity contribution is -0.125. The van der Waals surface area contributed by atoms with Crippen LogP contribution in [0.3, 0.4) is 0 Å². The number of nitrogens with zero attached hydrogens (tertiary/aromatic N) is 1. The molecule has 23 heavy (non-hydrogen) atoms. The minimum Gasteiger partial charge on any atom is -0.486 e. The third-order valence-electron chi connectivity index (χ3n) is 4.71. The Kier molecular flexibility index (Phi) is 3.87. The Morgan fingerprint density at radius 3 is 2.78 bits per heavy atom. The zero-order valence-corrected chi connectivity index (χ0v) is 13.3. The molecule has 0 saturated carbocycles. The lowest BCUT2D eigenvalue weighted by Gasteiger charge is -2.28. The molecule has 0 aromatic heterocycles. The predicted octanol–water partition coefficient (Wildman–Crippen LogP) is 0.713. The van der Waals surface area contributed by atoms with Gasteiger partial charge in [-0.1, -0.05) is 0 Å². The Balaban J connectivity index is 1.54. The summed E-state index contributed by atoms with van der Waals surface area (Å²) in [7, 11) is 0. The van der Waals surface area contributed by atoms with Crippen molar-refractivity contribution in [3.05, 3.63) is 23.3 Å². The Bertz CT molecular complexity index is 619. The highest BCUT2D eigenvalue weighted by molar-refractivity contribution is 5.80. The second-order valence-corrected chi connectivity index (χ2v) is 6.56. The molecule has 2 bridgehead atoms. The number of carbonyl (C=O) groups excluding carboxylic acids is 1. The van der Waals surface area contributed by atoms with Gasteiger partial charge in [-0.25, -0.2) is 0 Å². The van der Waals surface area contributed by atoms with Crippen LogP contribution in [0, 0.1) is 12.8 Å². The molecule has 1 aromatic rings. The summed E-state index contributed by atoms with van der Waals surface area (Å²) >= 11 is 0. The van der Waals surface area contributed by atoms with Crippen LogP contribution in [0.5, 0.6) is 11.5 Å². The molecule has 2 atom stereocenters. The van der Waals surface area contributed by atoms with E-state index in [9.17, 15) is 4.79 Å². The van der Waals surface area contributed by atoms with Crippen molar-refractivity contribution >= 4 is 5.91 Å². The number of amides is 1. The standard InChI is InChI=1S/C17H22N2O4/c1-11-4-15-16(23-3-2-22-15)5-12(11)6-19-7-13-9-21-10-14(8-19)18-17(13)20/h4-5,13-14H,2-3,6-10H2,1H3,(H,18,20)/t13-,14+/m1/s1. The molecule has 1 amide bonds. The first-order chi connectivity index (χ1) is 11.2. The largest absolute Gasteiger partial charge is 0.486 e. The lowest BCUT2D eigenvalue weighted by Crippen LogP contribution is -2.41. The second-order valence-electron chi connectivity index (χ2n) is 6.56. The fourth-order valence-electron chi connectivity index (χ4n) is 3.49. The SMILES string of the molecule is Cc1cc2c(cc1CN1C[C@H]3COC[C@@H](C1)C(=O)N3)OCCO2. The van der Waals surface area contributed by atoms with E-state index in [2.05, 4.69) is 29.3 Å². The van der Waals surface area contributed by atoms with Gasteiger partial charge in [0.2, 0.25) is 5.91 Å². The van der Waals surface area contributed by atoms with Gasteiger partial charge in [0.25, 0.3) is 0 Å². The highest BCUT2D eigenvalue weighted by Crippen LogP contribution is 2.33. The zero-order chi connectivity index (χ0) is 15.8. The number of hydrogen-bond donors (Lipinski definition) is 1. The molecule has 124 valence electrons. The molecule has 6 heteroatoms. The normalized spacial score (nSPS) is 27.3. The van der Waals surface area contributed by atoms with Crippen molar-refractivity contribution < 1.29 is 19.0 Å². The molecule has 2 saturated heterocycles. The summed E-state index contributed by atoms with van der Waals surface area (Å²) in [4.78, 5) is 14.4. The molecular weight excluding hydrogens is 296 g/mol. The van der Waals surface area contributed by atoms with Gasteiger partial charge in [-0.2, -0.15) is 0 Å². The maximum Gasteiger partial charge on any atom is 0.227 e. The van der Waals surface area contributed by atoms with Crippen molar-refractivity contribution in [3.8, 4) is 11.5 Å². The molecule has 0 radical (unpaired) electrons. The van der Waals surface area contributed by atoms with Crippen LogP contribution in [-0.2, 0) is 16.1 Å². The summed E-state index contributed by atoms with van der Waals surface area (Å²) in [6, 6.07) is 4.21. The first-order valence-corrected chi connectivity index (χ1v) is 8.18. The molecular formula is C17H22N2O4. The highest BCUT2D eigenvalue weighted by Gasteiger charge is 2.33. The summed E-state index contributed by atoms with van der Waals surface area (Å²) in [6.45, 7) is 6.77. The van der Waals surface area contributed by atoms with Crippen molar-refractivity contribution in [3.63, 3.8) is 0 Å². The molecule has 0 unspecified atom stereocenters. The van der Waals surface area contributed by atoms with Crippen molar-refractivity contribution in [1.82, 2.24) is 10.2 Å². The minimum absolute atomic E-state index is 0.0764. The van der Waals surface area contributed by atoms with E-state index in [1.807, 2.05) is 0 Å². The molecule has 3 aliphatic heterocycles.